The molecule has 0 radical (unpaired) electrons. The van der Waals surface area contributed by atoms with E-state index in [1.54, 1.807) is 0 Å². The highest BCUT2D eigenvalue weighted by Crippen LogP contribution is 2.25. The second kappa shape index (κ2) is 5.61. The van der Waals surface area contributed by atoms with Crippen LogP contribution in [0.1, 0.15) is 18.1 Å². The monoisotopic (exact) mass is 263 g/mol. The van der Waals surface area contributed by atoms with E-state index in [0.717, 1.165) is 16.9 Å². The first-order valence-corrected chi connectivity index (χ1v) is 6.54. The fraction of sp³-hybridized carbons (Fsp3) is 0.533. The molecule has 0 aliphatic carbocycles. The number of carbonyl (C=O) groups excluding carboxylic acids is 1. The van der Waals surface area contributed by atoms with E-state index in [0.29, 0.717) is 19.8 Å². The molecule has 4 nitrogen and oxygen atoms in total. The van der Waals surface area contributed by atoms with Gasteiger partial charge < -0.3 is 14.8 Å². The van der Waals surface area contributed by atoms with Crippen molar-refractivity contribution in [2.45, 2.75) is 20.8 Å². The fourth-order valence-electron chi connectivity index (χ4n) is 2.08. The average Bonchev–Trinajstić information content (AvgIpc) is 2.33. The lowest BCUT2D eigenvalue weighted by Crippen LogP contribution is -2.49. The van der Waals surface area contributed by atoms with Crippen LogP contribution in [0.4, 0.5) is 0 Å². The van der Waals surface area contributed by atoms with Crippen molar-refractivity contribution in [3.05, 3.63) is 29.3 Å². The minimum Gasteiger partial charge on any atom is -0.483 e. The summed E-state index contributed by atoms with van der Waals surface area (Å²) >= 11 is 0. The van der Waals surface area contributed by atoms with Crippen LogP contribution in [0, 0.1) is 19.3 Å². The Morgan fingerprint density at radius 1 is 1.37 bits per heavy atom. The van der Waals surface area contributed by atoms with E-state index < -0.39 is 0 Å². The number of carbonyl (C=O) groups is 1. The normalized spacial score (nSPS) is 16.6. The van der Waals surface area contributed by atoms with Gasteiger partial charge in [-0.25, -0.2) is 0 Å². The van der Waals surface area contributed by atoms with Gasteiger partial charge in [0.15, 0.2) is 6.61 Å². The summed E-state index contributed by atoms with van der Waals surface area (Å²) < 4.78 is 10.8. The fourth-order valence-corrected chi connectivity index (χ4v) is 2.08. The number of aryl methyl sites for hydroxylation is 2. The Hall–Kier alpha value is -1.55. The predicted molar refractivity (Wildman–Crippen MR) is 73.3 cm³/mol. The SMILES string of the molecule is Cc1cccc(C)c1OCC(=O)NCC1(C)COC1. The van der Waals surface area contributed by atoms with Gasteiger partial charge in [-0.3, -0.25) is 4.79 Å². The first-order chi connectivity index (χ1) is 9.00. The van der Waals surface area contributed by atoms with Crippen molar-refractivity contribution < 1.29 is 14.3 Å². The average molecular weight is 263 g/mol. The summed E-state index contributed by atoms with van der Waals surface area (Å²) in [5.41, 5.74) is 2.19. The molecule has 1 fully saturated rings. The van der Waals surface area contributed by atoms with Crippen LogP contribution in [0.5, 0.6) is 5.75 Å². The van der Waals surface area contributed by atoms with E-state index in [2.05, 4.69) is 12.2 Å². The summed E-state index contributed by atoms with van der Waals surface area (Å²) in [7, 11) is 0. The largest absolute Gasteiger partial charge is 0.483 e. The molecule has 0 aromatic heterocycles. The van der Waals surface area contributed by atoms with Crippen LogP contribution < -0.4 is 10.1 Å². The molecule has 1 N–H and O–H groups in total. The molecule has 1 aliphatic heterocycles. The number of benzene rings is 1. The van der Waals surface area contributed by atoms with Crippen molar-refractivity contribution in [1.82, 2.24) is 5.32 Å². The van der Waals surface area contributed by atoms with Crippen LogP contribution in [-0.2, 0) is 9.53 Å². The Bertz CT molecular complexity index is 446. The van der Waals surface area contributed by atoms with E-state index in [1.165, 1.54) is 0 Å². The van der Waals surface area contributed by atoms with Gasteiger partial charge in [0.25, 0.3) is 5.91 Å². The quantitative estimate of drug-likeness (QED) is 0.881. The van der Waals surface area contributed by atoms with E-state index in [9.17, 15) is 4.79 Å². The summed E-state index contributed by atoms with van der Waals surface area (Å²) in [6, 6.07) is 5.94. The number of ether oxygens (including phenoxy) is 2. The molecule has 1 aromatic carbocycles. The summed E-state index contributed by atoms with van der Waals surface area (Å²) in [6.45, 7) is 8.18. The lowest BCUT2D eigenvalue weighted by molar-refractivity contribution is -0.128. The Morgan fingerprint density at radius 2 is 2.00 bits per heavy atom. The molecule has 0 bridgehead atoms. The van der Waals surface area contributed by atoms with Crippen molar-refractivity contribution in [2.24, 2.45) is 5.41 Å². The molecular weight excluding hydrogens is 242 g/mol. The molecular formula is C15H21NO3. The Balaban J connectivity index is 1.80. The van der Waals surface area contributed by atoms with Gasteiger partial charge in [0.05, 0.1) is 13.2 Å². The highest BCUT2D eigenvalue weighted by atomic mass is 16.5. The van der Waals surface area contributed by atoms with Gasteiger partial charge in [0, 0.05) is 12.0 Å². The van der Waals surface area contributed by atoms with E-state index in [-0.39, 0.29) is 17.9 Å². The number of para-hydroxylation sites is 1. The molecule has 0 spiro atoms. The van der Waals surface area contributed by atoms with Crippen LogP contribution in [0.2, 0.25) is 0 Å². The summed E-state index contributed by atoms with van der Waals surface area (Å²) in [4.78, 5) is 11.7. The predicted octanol–water partition coefficient (Wildman–Crippen LogP) is 1.83. The van der Waals surface area contributed by atoms with Gasteiger partial charge in [-0.05, 0) is 25.0 Å². The molecule has 19 heavy (non-hydrogen) atoms. The van der Waals surface area contributed by atoms with Crippen LogP contribution in [0.15, 0.2) is 18.2 Å². The van der Waals surface area contributed by atoms with Gasteiger partial charge >= 0.3 is 0 Å². The van der Waals surface area contributed by atoms with Gasteiger partial charge in [-0.15, -0.1) is 0 Å². The molecule has 1 amide bonds. The third-order valence-electron chi connectivity index (χ3n) is 3.37. The summed E-state index contributed by atoms with van der Waals surface area (Å²) in [5.74, 6) is 0.714. The van der Waals surface area contributed by atoms with Crippen LogP contribution >= 0.6 is 0 Å². The first-order valence-electron chi connectivity index (χ1n) is 6.54. The number of hydrogen-bond acceptors (Lipinski definition) is 3. The lowest BCUT2D eigenvalue weighted by Gasteiger charge is -2.37. The van der Waals surface area contributed by atoms with Crippen molar-refractivity contribution in [1.29, 1.82) is 0 Å². The minimum absolute atomic E-state index is 0.0582. The van der Waals surface area contributed by atoms with Crippen molar-refractivity contribution in [2.75, 3.05) is 26.4 Å². The maximum atomic E-state index is 11.7. The van der Waals surface area contributed by atoms with E-state index in [1.807, 2.05) is 32.0 Å². The molecule has 1 saturated heterocycles. The summed E-state index contributed by atoms with van der Waals surface area (Å²) in [6.07, 6.45) is 0. The van der Waals surface area contributed by atoms with Crippen LogP contribution in [0.25, 0.3) is 0 Å². The number of hydrogen-bond donors (Lipinski definition) is 1. The molecule has 0 atom stereocenters. The lowest BCUT2D eigenvalue weighted by atomic mass is 9.89. The second-order valence-electron chi connectivity index (χ2n) is 5.59. The standard InChI is InChI=1S/C15H21NO3/c1-11-5-4-6-12(2)14(11)19-7-13(17)16-8-15(3)9-18-10-15/h4-6H,7-10H2,1-3H3,(H,16,17). The topological polar surface area (TPSA) is 47.6 Å². The van der Waals surface area contributed by atoms with Gasteiger partial charge in [-0.1, -0.05) is 25.1 Å². The van der Waals surface area contributed by atoms with Crippen molar-refractivity contribution >= 4 is 5.91 Å². The third kappa shape index (κ3) is 3.47. The molecule has 0 saturated carbocycles. The van der Waals surface area contributed by atoms with E-state index >= 15 is 0 Å². The zero-order valence-electron chi connectivity index (χ0n) is 11.8. The Labute approximate surface area is 114 Å². The second-order valence-corrected chi connectivity index (χ2v) is 5.59. The smallest absolute Gasteiger partial charge is 0.257 e. The molecule has 1 aliphatic rings. The zero-order chi connectivity index (χ0) is 13.9. The minimum atomic E-state index is -0.0872. The number of amides is 1. The number of rotatable bonds is 5. The molecule has 4 heteroatoms. The maximum Gasteiger partial charge on any atom is 0.257 e. The number of nitrogens with one attached hydrogen (secondary N) is 1. The highest BCUT2D eigenvalue weighted by Gasteiger charge is 2.33. The van der Waals surface area contributed by atoms with Gasteiger partial charge in [0.1, 0.15) is 5.75 Å². The maximum absolute atomic E-state index is 11.7. The highest BCUT2D eigenvalue weighted by molar-refractivity contribution is 5.77. The summed E-state index contributed by atoms with van der Waals surface area (Å²) in [5, 5.41) is 2.89. The van der Waals surface area contributed by atoms with Crippen LogP contribution in [-0.4, -0.2) is 32.3 Å². The van der Waals surface area contributed by atoms with Crippen molar-refractivity contribution in [3.63, 3.8) is 0 Å². The molecule has 1 aromatic rings. The Morgan fingerprint density at radius 3 is 2.53 bits per heavy atom. The zero-order valence-corrected chi connectivity index (χ0v) is 11.8. The molecule has 104 valence electrons. The first kappa shape index (κ1) is 13.9. The Kier molecular flexibility index (Phi) is 4.10. The molecule has 2 rings (SSSR count). The third-order valence-corrected chi connectivity index (χ3v) is 3.37. The van der Waals surface area contributed by atoms with Gasteiger partial charge in [0.2, 0.25) is 0 Å². The molecule has 1 heterocycles. The van der Waals surface area contributed by atoms with Crippen molar-refractivity contribution in [3.8, 4) is 5.75 Å². The van der Waals surface area contributed by atoms with Crippen LogP contribution in [0.3, 0.4) is 0 Å². The van der Waals surface area contributed by atoms with Gasteiger partial charge in [-0.2, -0.15) is 0 Å². The molecule has 0 unspecified atom stereocenters. The van der Waals surface area contributed by atoms with E-state index in [4.69, 9.17) is 9.47 Å².